The minimum Gasteiger partial charge on any atom is -0.496 e. The zero-order valence-electron chi connectivity index (χ0n) is 26.5. The van der Waals surface area contributed by atoms with E-state index in [0.29, 0.717) is 58.8 Å². The predicted octanol–water partition coefficient (Wildman–Crippen LogP) is 3.69. The Morgan fingerprint density at radius 3 is 2.23 bits per heavy atom. The Bertz CT molecular complexity index is 1800. The third-order valence-corrected chi connectivity index (χ3v) is 9.13. The summed E-state index contributed by atoms with van der Waals surface area (Å²) in [6.07, 6.45) is 0.725. The molecule has 0 radical (unpaired) electrons. The molecule has 3 heterocycles. The maximum atomic E-state index is 12.5. The number of carboxylic acids is 1. The van der Waals surface area contributed by atoms with Gasteiger partial charge in [0.15, 0.2) is 22.7 Å². The Hall–Kier alpha value is -4.88. The highest BCUT2D eigenvalue weighted by molar-refractivity contribution is 5.83. The first-order valence-electron chi connectivity index (χ1n) is 15.9. The second-order valence-corrected chi connectivity index (χ2v) is 11.8. The summed E-state index contributed by atoms with van der Waals surface area (Å²) in [4.78, 5) is 24.7. The van der Waals surface area contributed by atoms with Crippen LogP contribution < -0.4 is 10.1 Å². The number of hydrogen-bond donors (Lipinski definition) is 5. The Kier molecular flexibility index (Phi) is 9.69. The predicted molar refractivity (Wildman–Crippen MR) is 178 cm³/mol. The van der Waals surface area contributed by atoms with Crippen LogP contribution in [-0.4, -0.2) is 84.5 Å². The summed E-state index contributed by atoms with van der Waals surface area (Å²) in [5, 5.41) is 46.8. The molecule has 2 aromatic heterocycles. The van der Waals surface area contributed by atoms with E-state index in [1.807, 2.05) is 84.9 Å². The normalized spacial score (nSPS) is 21.0. The van der Waals surface area contributed by atoms with Gasteiger partial charge in [0, 0.05) is 18.5 Å². The number of rotatable bonds is 14. The number of unbranched alkanes of at least 4 members (excludes halogenated alkanes) is 2. The highest BCUT2D eigenvalue weighted by atomic mass is 16.6. The van der Waals surface area contributed by atoms with Gasteiger partial charge in [0.2, 0.25) is 0 Å². The van der Waals surface area contributed by atoms with Crippen molar-refractivity contribution in [1.29, 1.82) is 0 Å². The van der Waals surface area contributed by atoms with Crippen LogP contribution in [0.5, 0.6) is 5.75 Å². The van der Waals surface area contributed by atoms with Crippen LogP contribution in [0.3, 0.4) is 0 Å². The standard InChI is InChI=1S/C36H39N5O7/c1-47-27-18-11-10-17-26(27)35(24-13-5-2-6-14-24,25-15-7-3-8-16-25)36(32(46)31(45)28(21-42)48-36)41-23-40-30-33(38-22-39-34(30)41)37-20-12-4-9-19-29(43)44/h2-3,5-8,10-11,13-18,22-23,28,31-32,42,45-46H,4,9,12,19-21H2,1H3,(H,43,44)(H,37,38,39)/t28-,31-,32-,36+/m1/s1. The second-order valence-electron chi connectivity index (χ2n) is 11.8. The number of carbonyl (C=O) groups is 1. The fraction of sp³-hybridized carbons (Fsp3) is 0.333. The van der Waals surface area contributed by atoms with E-state index in [1.54, 1.807) is 11.7 Å². The van der Waals surface area contributed by atoms with E-state index < -0.39 is 42.0 Å². The molecule has 4 atom stereocenters. The molecule has 12 heteroatoms. The maximum Gasteiger partial charge on any atom is 0.303 e. The van der Waals surface area contributed by atoms with E-state index in [4.69, 9.17) is 19.6 Å². The SMILES string of the molecule is COc1ccccc1C(c1ccccc1)(c1ccccc1)[C@@]1(n2cnc3c(NCCCCCC(=O)O)ncnc32)O[C@H](CO)[C@@H](O)[C@H]1O. The van der Waals surface area contributed by atoms with Crippen molar-refractivity contribution in [3.63, 3.8) is 0 Å². The van der Waals surface area contributed by atoms with E-state index in [2.05, 4.69) is 15.3 Å². The van der Waals surface area contributed by atoms with Gasteiger partial charge < -0.3 is 35.2 Å². The van der Waals surface area contributed by atoms with Crippen LogP contribution in [0.15, 0.2) is 97.6 Å². The lowest BCUT2D eigenvalue weighted by molar-refractivity contribution is -0.175. The molecular weight excluding hydrogens is 614 g/mol. The Morgan fingerprint density at radius 2 is 1.60 bits per heavy atom. The summed E-state index contributed by atoms with van der Waals surface area (Å²) in [6, 6.07) is 26.6. The molecule has 0 saturated carbocycles. The summed E-state index contributed by atoms with van der Waals surface area (Å²) in [6.45, 7) is -0.0464. The average molecular weight is 654 g/mol. The minimum absolute atomic E-state index is 0.115. The van der Waals surface area contributed by atoms with Crippen molar-refractivity contribution in [2.45, 2.75) is 55.1 Å². The fourth-order valence-corrected chi connectivity index (χ4v) is 7.05. The lowest BCUT2D eigenvalue weighted by Gasteiger charge is -2.51. The summed E-state index contributed by atoms with van der Waals surface area (Å²) in [5.41, 5.74) is -0.589. The molecule has 48 heavy (non-hydrogen) atoms. The van der Waals surface area contributed by atoms with Gasteiger partial charge >= 0.3 is 5.97 Å². The van der Waals surface area contributed by atoms with Crippen LogP contribution in [-0.2, 0) is 20.7 Å². The van der Waals surface area contributed by atoms with Crippen molar-refractivity contribution in [2.24, 2.45) is 0 Å². The van der Waals surface area contributed by atoms with E-state index in [-0.39, 0.29) is 6.42 Å². The largest absolute Gasteiger partial charge is 0.496 e. The molecule has 1 saturated heterocycles. The minimum atomic E-state index is -1.91. The third-order valence-electron chi connectivity index (χ3n) is 9.13. The van der Waals surface area contributed by atoms with Gasteiger partial charge in [-0.3, -0.25) is 9.36 Å². The molecular formula is C36H39N5O7. The number of fused-ring (bicyclic) bond motifs is 1. The van der Waals surface area contributed by atoms with Crippen LogP contribution >= 0.6 is 0 Å². The maximum absolute atomic E-state index is 12.5. The molecule has 1 aliphatic heterocycles. The monoisotopic (exact) mass is 653 g/mol. The molecule has 0 aliphatic carbocycles. The van der Waals surface area contributed by atoms with Crippen LogP contribution in [0, 0.1) is 0 Å². The van der Waals surface area contributed by atoms with Crippen molar-refractivity contribution >= 4 is 23.0 Å². The number of nitrogens with one attached hydrogen (secondary N) is 1. The number of aliphatic hydroxyl groups excluding tert-OH is 3. The van der Waals surface area contributed by atoms with E-state index >= 15 is 0 Å². The molecule has 0 amide bonds. The van der Waals surface area contributed by atoms with Gasteiger partial charge in [0.05, 0.1) is 25.5 Å². The second kappa shape index (κ2) is 14.1. The number of aliphatic carboxylic acids is 1. The zero-order valence-corrected chi connectivity index (χ0v) is 26.5. The lowest BCUT2D eigenvalue weighted by atomic mass is 9.60. The summed E-state index contributed by atoms with van der Waals surface area (Å²) >= 11 is 0. The Labute approximate surface area is 277 Å². The number of aromatic nitrogens is 4. The van der Waals surface area contributed by atoms with Crippen LogP contribution in [0.1, 0.15) is 42.4 Å². The quantitative estimate of drug-likeness (QED) is 0.0874. The van der Waals surface area contributed by atoms with E-state index in [9.17, 15) is 20.1 Å². The molecule has 12 nitrogen and oxygen atoms in total. The number of ether oxygens (including phenoxy) is 2. The number of aliphatic hydroxyl groups is 3. The van der Waals surface area contributed by atoms with Crippen LogP contribution in [0.2, 0.25) is 0 Å². The van der Waals surface area contributed by atoms with Gasteiger partial charge in [-0.05, 0) is 30.0 Å². The van der Waals surface area contributed by atoms with Gasteiger partial charge in [-0.15, -0.1) is 0 Å². The smallest absolute Gasteiger partial charge is 0.303 e. The van der Waals surface area contributed by atoms with Crippen molar-refractivity contribution < 1.29 is 34.7 Å². The molecule has 0 spiro atoms. The summed E-state index contributed by atoms with van der Waals surface area (Å²) < 4.78 is 14.5. The number of methoxy groups -OCH3 is 1. The van der Waals surface area contributed by atoms with E-state index in [1.165, 1.54) is 12.7 Å². The third kappa shape index (κ3) is 5.46. The van der Waals surface area contributed by atoms with Crippen molar-refractivity contribution in [2.75, 3.05) is 25.6 Å². The van der Waals surface area contributed by atoms with Gasteiger partial charge in [0.25, 0.3) is 0 Å². The molecule has 0 bridgehead atoms. The van der Waals surface area contributed by atoms with Gasteiger partial charge in [-0.2, -0.15) is 0 Å². The van der Waals surface area contributed by atoms with Crippen LogP contribution in [0.25, 0.3) is 11.2 Å². The number of anilines is 1. The summed E-state index contributed by atoms with van der Waals surface area (Å²) in [7, 11) is 1.57. The average Bonchev–Trinajstić information content (AvgIpc) is 3.67. The Balaban J connectivity index is 1.63. The molecule has 1 fully saturated rings. The molecule has 5 N–H and O–H groups in total. The summed E-state index contributed by atoms with van der Waals surface area (Å²) in [5.74, 6) is 0.132. The van der Waals surface area contributed by atoms with Gasteiger partial charge in [-0.1, -0.05) is 85.3 Å². The zero-order chi connectivity index (χ0) is 33.7. The van der Waals surface area contributed by atoms with Crippen molar-refractivity contribution in [3.8, 4) is 5.75 Å². The van der Waals surface area contributed by atoms with Crippen LogP contribution in [0.4, 0.5) is 5.82 Å². The van der Waals surface area contributed by atoms with Gasteiger partial charge in [0.1, 0.15) is 30.4 Å². The highest BCUT2D eigenvalue weighted by Gasteiger charge is 2.69. The molecule has 1 aliphatic rings. The number of carboxylic acid groups (broad SMARTS) is 1. The first-order chi connectivity index (χ1) is 23.4. The molecule has 3 aromatic carbocycles. The number of benzene rings is 3. The lowest BCUT2D eigenvalue weighted by Crippen LogP contribution is -2.61. The van der Waals surface area contributed by atoms with Crippen molar-refractivity contribution in [1.82, 2.24) is 19.5 Å². The molecule has 5 aromatic rings. The molecule has 6 rings (SSSR count). The van der Waals surface area contributed by atoms with E-state index in [0.717, 1.165) is 6.42 Å². The molecule has 0 unspecified atom stereocenters. The number of imidazole rings is 1. The highest BCUT2D eigenvalue weighted by Crippen LogP contribution is 2.59. The molecule has 250 valence electrons. The fourth-order valence-electron chi connectivity index (χ4n) is 7.05. The topological polar surface area (TPSA) is 172 Å². The number of para-hydroxylation sites is 1. The Morgan fingerprint density at radius 1 is 0.938 bits per heavy atom. The van der Waals surface area contributed by atoms with Gasteiger partial charge in [-0.25, -0.2) is 15.0 Å². The number of hydrogen-bond acceptors (Lipinski definition) is 10. The first-order valence-corrected chi connectivity index (χ1v) is 15.9. The first kappa shape index (κ1) is 33.0. The number of nitrogens with zero attached hydrogens (tertiary/aromatic N) is 4. The van der Waals surface area contributed by atoms with Crippen molar-refractivity contribution in [3.05, 3.63) is 114 Å².